The maximum Gasteiger partial charge on any atom is 0.416 e. The first-order valence-electron chi connectivity index (χ1n) is 11.0. The summed E-state index contributed by atoms with van der Waals surface area (Å²) < 4.78 is 65.0. The van der Waals surface area contributed by atoms with Crippen molar-refractivity contribution in [2.24, 2.45) is 0 Å². The molecule has 0 radical (unpaired) electrons. The predicted molar refractivity (Wildman–Crippen MR) is 126 cm³/mol. The van der Waals surface area contributed by atoms with E-state index in [0.29, 0.717) is 43.2 Å². The molecule has 0 aromatic heterocycles. The molecule has 0 atom stereocenters. The minimum atomic E-state index is -4.43. The summed E-state index contributed by atoms with van der Waals surface area (Å²) in [6.45, 7) is 2.57. The SMILES string of the molecule is O=C(Nc1ccc(C(F)(F)F)cc1)c1ccc(CN2CCN(S(=O)(=O)c3ccccc3)CC2)cc1. The molecule has 35 heavy (non-hydrogen) atoms. The molecular formula is C25H24F3N3O3S. The highest BCUT2D eigenvalue weighted by atomic mass is 32.2. The van der Waals surface area contributed by atoms with Crippen LogP contribution in [0.1, 0.15) is 21.5 Å². The summed E-state index contributed by atoms with van der Waals surface area (Å²) in [7, 11) is -3.50. The van der Waals surface area contributed by atoms with Crippen molar-refractivity contribution in [2.75, 3.05) is 31.5 Å². The summed E-state index contributed by atoms with van der Waals surface area (Å²) in [6, 6.07) is 19.6. The summed E-state index contributed by atoms with van der Waals surface area (Å²) in [5.41, 5.74) is 0.844. The topological polar surface area (TPSA) is 69.7 Å². The molecule has 3 aromatic rings. The first-order chi connectivity index (χ1) is 16.6. The number of halogens is 3. The van der Waals surface area contributed by atoms with E-state index in [1.165, 1.54) is 16.4 Å². The van der Waals surface area contributed by atoms with E-state index in [0.717, 1.165) is 17.7 Å². The van der Waals surface area contributed by atoms with E-state index >= 15 is 0 Å². The molecule has 0 spiro atoms. The average Bonchev–Trinajstić information content (AvgIpc) is 2.85. The van der Waals surface area contributed by atoms with Crippen LogP contribution < -0.4 is 5.32 Å². The predicted octanol–water partition coefficient (Wildman–Crippen LogP) is 4.46. The number of carbonyl (C=O) groups excluding carboxylic acids is 1. The Morgan fingerprint density at radius 3 is 2.00 bits per heavy atom. The number of carbonyl (C=O) groups is 1. The maximum atomic E-state index is 12.8. The lowest BCUT2D eigenvalue weighted by molar-refractivity contribution is -0.137. The molecule has 0 aliphatic carbocycles. The van der Waals surface area contributed by atoms with Crippen LogP contribution in [0, 0.1) is 0 Å². The molecule has 1 amide bonds. The average molecular weight is 504 g/mol. The maximum absolute atomic E-state index is 12.8. The van der Waals surface area contributed by atoms with Crippen LogP contribution in [0.2, 0.25) is 0 Å². The van der Waals surface area contributed by atoms with Crippen LogP contribution in [-0.4, -0.2) is 49.7 Å². The van der Waals surface area contributed by atoms with Crippen molar-refractivity contribution < 1.29 is 26.4 Å². The molecule has 1 saturated heterocycles. The molecule has 3 aromatic carbocycles. The van der Waals surface area contributed by atoms with Gasteiger partial charge in [0.2, 0.25) is 10.0 Å². The number of sulfonamides is 1. The number of anilines is 1. The van der Waals surface area contributed by atoms with Crippen molar-refractivity contribution in [2.45, 2.75) is 17.6 Å². The van der Waals surface area contributed by atoms with Gasteiger partial charge in [-0.15, -0.1) is 0 Å². The second-order valence-electron chi connectivity index (χ2n) is 8.22. The Balaban J connectivity index is 1.30. The zero-order chi connectivity index (χ0) is 25.1. The highest BCUT2D eigenvalue weighted by molar-refractivity contribution is 7.89. The van der Waals surface area contributed by atoms with E-state index in [9.17, 15) is 26.4 Å². The second-order valence-corrected chi connectivity index (χ2v) is 10.2. The summed E-state index contributed by atoms with van der Waals surface area (Å²) >= 11 is 0. The van der Waals surface area contributed by atoms with Gasteiger partial charge in [-0.25, -0.2) is 8.42 Å². The van der Waals surface area contributed by atoms with Crippen LogP contribution in [0.15, 0.2) is 83.8 Å². The molecule has 0 unspecified atom stereocenters. The van der Waals surface area contributed by atoms with Gasteiger partial charge >= 0.3 is 6.18 Å². The van der Waals surface area contributed by atoms with E-state index in [1.54, 1.807) is 42.5 Å². The van der Waals surface area contributed by atoms with Crippen LogP contribution in [0.5, 0.6) is 0 Å². The van der Waals surface area contributed by atoms with Crippen molar-refractivity contribution in [3.05, 3.63) is 95.6 Å². The van der Waals surface area contributed by atoms with Gasteiger partial charge in [-0.1, -0.05) is 30.3 Å². The van der Waals surface area contributed by atoms with E-state index in [2.05, 4.69) is 10.2 Å². The third kappa shape index (κ3) is 6.08. The van der Waals surface area contributed by atoms with Crippen LogP contribution >= 0.6 is 0 Å². The highest BCUT2D eigenvalue weighted by Gasteiger charge is 2.30. The van der Waals surface area contributed by atoms with Crippen LogP contribution in [0.4, 0.5) is 18.9 Å². The highest BCUT2D eigenvalue weighted by Crippen LogP contribution is 2.30. The Morgan fingerprint density at radius 1 is 0.829 bits per heavy atom. The third-order valence-corrected chi connectivity index (χ3v) is 7.72. The van der Waals surface area contributed by atoms with Crippen LogP contribution in [0.25, 0.3) is 0 Å². The largest absolute Gasteiger partial charge is 0.416 e. The minimum Gasteiger partial charge on any atom is -0.322 e. The molecular weight excluding hydrogens is 479 g/mol. The molecule has 1 N–H and O–H groups in total. The number of piperazine rings is 1. The van der Waals surface area contributed by atoms with Gasteiger partial charge in [0.25, 0.3) is 5.91 Å². The number of rotatable bonds is 6. The number of nitrogens with zero attached hydrogens (tertiary/aromatic N) is 2. The summed E-state index contributed by atoms with van der Waals surface area (Å²) in [5, 5.41) is 2.59. The summed E-state index contributed by atoms with van der Waals surface area (Å²) in [4.78, 5) is 14.9. The van der Waals surface area contributed by atoms with E-state index in [-0.39, 0.29) is 5.69 Å². The molecule has 0 saturated carbocycles. The number of amides is 1. The molecule has 6 nitrogen and oxygen atoms in total. The molecule has 1 aliphatic heterocycles. The Bertz CT molecular complexity index is 1260. The molecule has 1 fully saturated rings. The van der Waals surface area contributed by atoms with Crippen molar-refractivity contribution in [3.63, 3.8) is 0 Å². The number of alkyl halides is 3. The van der Waals surface area contributed by atoms with E-state index < -0.39 is 27.7 Å². The van der Waals surface area contributed by atoms with Crippen LogP contribution in [0.3, 0.4) is 0 Å². The Morgan fingerprint density at radius 2 is 1.43 bits per heavy atom. The lowest BCUT2D eigenvalue weighted by Crippen LogP contribution is -2.48. The summed E-state index contributed by atoms with van der Waals surface area (Å²) in [5.74, 6) is -0.420. The lowest BCUT2D eigenvalue weighted by Gasteiger charge is -2.34. The normalized spacial score (nSPS) is 15.6. The Hall–Kier alpha value is -3.21. The Kier molecular flexibility index (Phi) is 7.25. The molecule has 184 valence electrons. The fraction of sp³-hybridized carbons (Fsp3) is 0.240. The zero-order valence-electron chi connectivity index (χ0n) is 18.7. The first-order valence-corrected chi connectivity index (χ1v) is 12.4. The second kappa shape index (κ2) is 10.2. The van der Waals surface area contributed by atoms with Gasteiger partial charge < -0.3 is 5.32 Å². The molecule has 4 rings (SSSR count). The van der Waals surface area contributed by atoms with Gasteiger partial charge in [-0.05, 0) is 54.1 Å². The van der Waals surface area contributed by atoms with E-state index in [4.69, 9.17) is 0 Å². The van der Waals surface area contributed by atoms with Gasteiger partial charge in [0.05, 0.1) is 10.5 Å². The molecule has 10 heteroatoms. The third-order valence-electron chi connectivity index (χ3n) is 5.80. The van der Waals surface area contributed by atoms with Crippen molar-refractivity contribution in [3.8, 4) is 0 Å². The van der Waals surface area contributed by atoms with Crippen LogP contribution in [-0.2, 0) is 22.7 Å². The fourth-order valence-electron chi connectivity index (χ4n) is 3.84. The fourth-order valence-corrected chi connectivity index (χ4v) is 5.28. The van der Waals surface area contributed by atoms with Gasteiger partial charge in [0, 0.05) is 44.0 Å². The number of nitrogens with one attached hydrogen (secondary N) is 1. The van der Waals surface area contributed by atoms with E-state index in [1.807, 2.05) is 12.1 Å². The minimum absolute atomic E-state index is 0.274. The van der Waals surface area contributed by atoms with Gasteiger partial charge in [-0.2, -0.15) is 17.5 Å². The van der Waals surface area contributed by atoms with Gasteiger partial charge in [0.1, 0.15) is 0 Å². The molecule has 0 bridgehead atoms. The standard InChI is InChI=1S/C25H24F3N3O3S/c26-25(27,28)21-10-12-22(13-11-21)29-24(32)20-8-6-19(7-9-20)18-30-14-16-31(17-15-30)35(33,34)23-4-2-1-3-5-23/h1-13H,14-18H2,(H,29,32). The number of hydrogen-bond acceptors (Lipinski definition) is 4. The van der Waals surface area contributed by atoms with Gasteiger partial charge in [-0.3, -0.25) is 9.69 Å². The summed E-state index contributed by atoms with van der Waals surface area (Å²) in [6.07, 6.45) is -4.43. The van der Waals surface area contributed by atoms with Crippen molar-refractivity contribution >= 4 is 21.6 Å². The zero-order valence-corrected chi connectivity index (χ0v) is 19.5. The van der Waals surface area contributed by atoms with Gasteiger partial charge in [0.15, 0.2) is 0 Å². The molecule has 1 heterocycles. The monoisotopic (exact) mass is 503 g/mol. The number of benzene rings is 3. The quantitative estimate of drug-likeness (QED) is 0.539. The molecule has 1 aliphatic rings. The number of hydrogen-bond donors (Lipinski definition) is 1. The smallest absolute Gasteiger partial charge is 0.322 e. The Labute approximate surface area is 202 Å². The first kappa shape index (κ1) is 24.9. The van der Waals surface area contributed by atoms with Crippen molar-refractivity contribution in [1.82, 2.24) is 9.21 Å². The lowest BCUT2D eigenvalue weighted by atomic mass is 10.1. The van der Waals surface area contributed by atoms with Crippen molar-refractivity contribution in [1.29, 1.82) is 0 Å².